The molecule has 0 radical (unpaired) electrons. The van der Waals surface area contributed by atoms with Crippen molar-refractivity contribution >= 4 is 23.1 Å². The maximum absolute atomic E-state index is 12.1. The molecule has 2 rings (SSSR count). The average Bonchev–Trinajstić information content (AvgIpc) is 2.70. The van der Waals surface area contributed by atoms with Crippen LogP contribution in [0.1, 0.15) is 26.7 Å². The van der Waals surface area contributed by atoms with Gasteiger partial charge >= 0.3 is 5.97 Å². The van der Waals surface area contributed by atoms with Crippen LogP contribution in [0, 0.1) is 10.1 Å². The number of aliphatic carboxylic acids is 1. The van der Waals surface area contributed by atoms with Gasteiger partial charge < -0.3 is 14.7 Å². The number of anilines is 1. The summed E-state index contributed by atoms with van der Waals surface area (Å²) in [7, 11) is 0. The lowest BCUT2D eigenvalue weighted by Gasteiger charge is -2.34. The molecule has 0 fully saturated rings. The molecule has 0 saturated heterocycles. The van der Waals surface area contributed by atoms with Crippen molar-refractivity contribution in [2.24, 2.45) is 5.11 Å². The predicted octanol–water partition coefficient (Wildman–Crippen LogP) is 3.72. The number of nitro groups is 1. The SMILES string of the molecule is CC(=O)C1=C(C)N(c2ccc([N+](=O)[O-])cc2)C(COCCCN=[N+]=[N-])=C(C(=O)O)C1. The zero-order valence-electron chi connectivity index (χ0n) is 16.6. The second kappa shape index (κ2) is 10.2. The molecule has 11 nitrogen and oxygen atoms in total. The molecular weight excluding hydrogens is 394 g/mol. The maximum Gasteiger partial charge on any atom is 0.333 e. The smallest absolute Gasteiger partial charge is 0.333 e. The van der Waals surface area contributed by atoms with E-state index in [0.717, 1.165) is 0 Å². The summed E-state index contributed by atoms with van der Waals surface area (Å²) in [6.07, 6.45) is 0.419. The third-order valence-corrected chi connectivity index (χ3v) is 4.59. The molecule has 0 unspecified atom stereocenters. The van der Waals surface area contributed by atoms with Gasteiger partial charge in [0.05, 0.1) is 22.8 Å². The van der Waals surface area contributed by atoms with Crippen molar-refractivity contribution in [1.29, 1.82) is 0 Å². The van der Waals surface area contributed by atoms with Crippen LogP contribution in [0.15, 0.2) is 51.9 Å². The van der Waals surface area contributed by atoms with E-state index in [-0.39, 0.29) is 43.2 Å². The third-order valence-electron chi connectivity index (χ3n) is 4.59. The van der Waals surface area contributed by atoms with Crippen LogP contribution in [0.5, 0.6) is 0 Å². The van der Waals surface area contributed by atoms with E-state index in [1.165, 1.54) is 31.2 Å². The number of nitrogens with zero attached hydrogens (tertiary/aromatic N) is 5. The molecule has 1 aromatic carbocycles. The van der Waals surface area contributed by atoms with Gasteiger partial charge in [0, 0.05) is 53.6 Å². The van der Waals surface area contributed by atoms with Gasteiger partial charge in [-0.2, -0.15) is 0 Å². The number of allylic oxidation sites excluding steroid dienone is 2. The zero-order chi connectivity index (χ0) is 22.3. The van der Waals surface area contributed by atoms with Gasteiger partial charge in [-0.25, -0.2) is 4.79 Å². The molecule has 0 bridgehead atoms. The number of carboxylic acid groups (broad SMARTS) is 1. The van der Waals surface area contributed by atoms with Gasteiger partial charge in [0.15, 0.2) is 5.78 Å². The highest BCUT2D eigenvalue weighted by Gasteiger charge is 2.31. The first-order valence-electron chi connectivity index (χ1n) is 9.07. The summed E-state index contributed by atoms with van der Waals surface area (Å²) in [5.41, 5.74) is 9.90. The lowest BCUT2D eigenvalue weighted by Crippen LogP contribution is -2.33. The minimum Gasteiger partial charge on any atom is -0.478 e. The van der Waals surface area contributed by atoms with Gasteiger partial charge in [0.1, 0.15) is 0 Å². The summed E-state index contributed by atoms with van der Waals surface area (Å²) in [5.74, 6) is -1.44. The number of carboxylic acids is 1. The minimum absolute atomic E-state index is 0.0131. The molecule has 1 N–H and O–H groups in total. The van der Waals surface area contributed by atoms with E-state index in [9.17, 15) is 24.8 Å². The summed E-state index contributed by atoms with van der Waals surface area (Å²) in [5, 5.41) is 24.1. The number of carbonyl (C=O) groups excluding carboxylic acids is 1. The van der Waals surface area contributed by atoms with E-state index in [1.807, 2.05) is 0 Å². The Morgan fingerprint density at radius 1 is 1.33 bits per heavy atom. The summed E-state index contributed by atoms with van der Waals surface area (Å²) in [4.78, 5) is 38.7. The van der Waals surface area contributed by atoms with Crippen molar-refractivity contribution < 1.29 is 24.4 Å². The molecule has 0 spiro atoms. The van der Waals surface area contributed by atoms with Crippen molar-refractivity contribution in [2.75, 3.05) is 24.7 Å². The van der Waals surface area contributed by atoms with Crippen LogP contribution in [-0.2, 0) is 14.3 Å². The van der Waals surface area contributed by atoms with Crippen LogP contribution in [0.4, 0.5) is 11.4 Å². The normalized spacial score (nSPS) is 13.9. The fourth-order valence-corrected chi connectivity index (χ4v) is 3.13. The molecule has 1 aliphatic heterocycles. The zero-order valence-corrected chi connectivity index (χ0v) is 16.6. The second-order valence-electron chi connectivity index (χ2n) is 6.50. The molecule has 0 aliphatic carbocycles. The first-order valence-corrected chi connectivity index (χ1v) is 9.07. The summed E-state index contributed by atoms with van der Waals surface area (Å²) >= 11 is 0. The van der Waals surface area contributed by atoms with Crippen LogP contribution in [0.2, 0.25) is 0 Å². The average molecular weight is 415 g/mol. The van der Waals surface area contributed by atoms with Gasteiger partial charge in [-0.05, 0) is 37.9 Å². The molecule has 158 valence electrons. The Kier molecular flexibility index (Phi) is 7.68. The van der Waals surface area contributed by atoms with Crippen molar-refractivity contribution in [1.82, 2.24) is 0 Å². The number of rotatable bonds is 10. The number of benzene rings is 1. The molecule has 0 amide bonds. The number of nitro benzene ring substituents is 1. The van der Waals surface area contributed by atoms with E-state index in [0.29, 0.717) is 29.1 Å². The van der Waals surface area contributed by atoms with Crippen LogP contribution < -0.4 is 4.90 Å². The first kappa shape index (κ1) is 22.6. The van der Waals surface area contributed by atoms with E-state index in [2.05, 4.69) is 10.0 Å². The summed E-state index contributed by atoms with van der Waals surface area (Å²) in [6, 6.07) is 5.60. The topological polar surface area (TPSA) is 159 Å². The van der Waals surface area contributed by atoms with Gasteiger partial charge in [-0.15, -0.1) is 0 Å². The summed E-state index contributed by atoms with van der Waals surface area (Å²) < 4.78 is 5.60. The van der Waals surface area contributed by atoms with Crippen molar-refractivity contribution in [2.45, 2.75) is 26.7 Å². The molecule has 11 heteroatoms. The van der Waals surface area contributed by atoms with Crippen molar-refractivity contribution in [3.63, 3.8) is 0 Å². The minimum atomic E-state index is -1.18. The van der Waals surface area contributed by atoms with Crippen LogP contribution in [0.25, 0.3) is 10.4 Å². The Hall–Kier alpha value is -3.69. The fourth-order valence-electron chi connectivity index (χ4n) is 3.13. The highest BCUT2D eigenvalue weighted by molar-refractivity contribution is 6.00. The molecule has 0 aromatic heterocycles. The highest BCUT2D eigenvalue weighted by Crippen LogP contribution is 2.36. The van der Waals surface area contributed by atoms with E-state index in [1.54, 1.807) is 11.8 Å². The maximum atomic E-state index is 12.1. The molecule has 0 saturated carbocycles. The lowest BCUT2D eigenvalue weighted by atomic mass is 9.93. The Bertz CT molecular complexity index is 960. The third kappa shape index (κ3) is 5.22. The summed E-state index contributed by atoms with van der Waals surface area (Å²) in [6.45, 7) is 3.49. The quantitative estimate of drug-likeness (QED) is 0.152. The molecule has 30 heavy (non-hydrogen) atoms. The Labute approximate surface area is 172 Å². The molecule has 0 atom stereocenters. The lowest BCUT2D eigenvalue weighted by molar-refractivity contribution is -0.384. The number of hydrogen-bond donors (Lipinski definition) is 1. The molecular formula is C19H21N5O6. The Morgan fingerprint density at radius 3 is 2.53 bits per heavy atom. The van der Waals surface area contributed by atoms with Gasteiger partial charge in [-0.3, -0.25) is 14.9 Å². The predicted molar refractivity (Wildman–Crippen MR) is 108 cm³/mol. The number of carbonyl (C=O) groups is 2. The number of ketones is 1. The van der Waals surface area contributed by atoms with E-state index in [4.69, 9.17) is 10.3 Å². The van der Waals surface area contributed by atoms with Gasteiger partial charge in [-0.1, -0.05) is 5.11 Å². The second-order valence-corrected chi connectivity index (χ2v) is 6.50. The Morgan fingerprint density at radius 2 is 2.00 bits per heavy atom. The van der Waals surface area contributed by atoms with Crippen molar-refractivity contribution in [3.8, 4) is 0 Å². The van der Waals surface area contributed by atoms with E-state index >= 15 is 0 Å². The number of Topliss-reactive ketones (excluding diaryl/α,β-unsaturated/α-hetero) is 1. The monoisotopic (exact) mass is 415 g/mol. The standard InChI is InChI=1S/C19H21N5O6/c1-12-16(13(2)25)10-17(19(26)27)18(11-30-9-3-8-21-22-20)23(12)14-4-6-15(7-5-14)24(28)29/h4-7H,3,8-11H2,1-2H3,(H,26,27). The fraction of sp³-hybridized carbons (Fsp3) is 0.368. The van der Waals surface area contributed by atoms with Gasteiger partial charge in [0.25, 0.3) is 5.69 Å². The van der Waals surface area contributed by atoms with Crippen LogP contribution in [0.3, 0.4) is 0 Å². The number of azide groups is 1. The largest absolute Gasteiger partial charge is 0.478 e. The molecule has 1 heterocycles. The van der Waals surface area contributed by atoms with Crippen LogP contribution >= 0.6 is 0 Å². The molecule has 1 aliphatic rings. The number of ether oxygens (including phenoxy) is 1. The van der Waals surface area contributed by atoms with Crippen LogP contribution in [-0.4, -0.2) is 41.5 Å². The number of non-ortho nitro benzene ring substituents is 1. The first-order chi connectivity index (χ1) is 14.3. The molecule has 1 aromatic rings. The number of hydrogen-bond acceptors (Lipinski definition) is 7. The van der Waals surface area contributed by atoms with Crippen molar-refractivity contribution in [3.05, 3.63) is 67.4 Å². The van der Waals surface area contributed by atoms with Gasteiger partial charge in [0.2, 0.25) is 0 Å². The Balaban J connectivity index is 2.43. The highest BCUT2D eigenvalue weighted by atomic mass is 16.6. The van der Waals surface area contributed by atoms with E-state index < -0.39 is 10.9 Å².